The highest BCUT2D eigenvalue weighted by Crippen LogP contribution is 2.19. The van der Waals surface area contributed by atoms with Gasteiger partial charge in [-0.25, -0.2) is 8.42 Å². The number of amides is 1. The first kappa shape index (κ1) is 15.3. The number of benzene rings is 1. The van der Waals surface area contributed by atoms with E-state index in [1.807, 2.05) is 0 Å². The van der Waals surface area contributed by atoms with Gasteiger partial charge in [0.15, 0.2) is 9.84 Å². The molecule has 0 saturated carbocycles. The van der Waals surface area contributed by atoms with Crippen LogP contribution in [0.3, 0.4) is 0 Å². The molecule has 1 unspecified atom stereocenters. The maximum absolute atomic E-state index is 12.4. The predicted octanol–water partition coefficient (Wildman–Crippen LogP) is -0.0173. The third-order valence-corrected chi connectivity index (χ3v) is 5.03. The topological polar surface area (TPSA) is 118 Å². The number of carboxylic acids is 1. The molecule has 3 N–H and O–H groups in total. The van der Waals surface area contributed by atoms with Crippen molar-refractivity contribution in [2.75, 3.05) is 23.8 Å². The standard InChI is InChI=1S/C13H16N2O5S/c14-10-3-1-2-9(6-10)13(18)15-4-5-21(19,20)8-11(15)7-12(16)17/h1-3,6,11H,4-5,7-8,14H2,(H,16,17). The monoisotopic (exact) mass is 312 g/mol. The van der Waals surface area contributed by atoms with Gasteiger partial charge in [0.2, 0.25) is 0 Å². The predicted molar refractivity (Wildman–Crippen MR) is 76.6 cm³/mol. The van der Waals surface area contributed by atoms with Crippen LogP contribution in [0.4, 0.5) is 5.69 Å². The van der Waals surface area contributed by atoms with E-state index in [0.29, 0.717) is 11.3 Å². The second-order valence-electron chi connectivity index (χ2n) is 4.99. The lowest BCUT2D eigenvalue weighted by Gasteiger charge is -2.34. The van der Waals surface area contributed by atoms with Crippen molar-refractivity contribution < 1.29 is 23.1 Å². The van der Waals surface area contributed by atoms with Crippen molar-refractivity contribution in [1.82, 2.24) is 4.90 Å². The summed E-state index contributed by atoms with van der Waals surface area (Å²) in [5.41, 5.74) is 6.36. The molecule has 0 radical (unpaired) electrons. The highest BCUT2D eigenvalue weighted by molar-refractivity contribution is 7.91. The van der Waals surface area contributed by atoms with Crippen molar-refractivity contribution in [3.8, 4) is 0 Å². The molecular formula is C13H16N2O5S. The molecule has 1 aliphatic heterocycles. The number of carbonyl (C=O) groups is 2. The third kappa shape index (κ3) is 3.72. The molecule has 1 amide bonds. The van der Waals surface area contributed by atoms with Gasteiger partial charge in [-0.15, -0.1) is 0 Å². The number of sulfone groups is 1. The first-order valence-corrected chi connectivity index (χ1v) is 8.19. The summed E-state index contributed by atoms with van der Waals surface area (Å²) in [7, 11) is -3.32. The Morgan fingerprint density at radius 1 is 1.38 bits per heavy atom. The fourth-order valence-corrected chi connectivity index (χ4v) is 3.89. The van der Waals surface area contributed by atoms with Crippen molar-refractivity contribution in [2.24, 2.45) is 0 Å². The minimum atomic E-state index is -3.32. The van der Waals surface area contributed by atoms with Crippen molar-refractivity contribution >= 4 is 27.4 Å². The highest BCUT2D eigenvalue weighted by atomic mass is 32.2. The Morgan fingerprint density at radius 2 is 2.10 bits per heavy atom. The van der Waals surface area contributed by atoms with Gasteiger partial charge in [0.05, 0.1) is 24.0 Å². The number of nitrogens with zero attached hydrogens (tertiary/aromatic N) is 1. The normalized spacial score (nSPS) is 21.0. The third-order valence-electron chi connectivity index (χ3n) is 3.33. The minimum absolute atomic E-state index is 0.00604. The van der Waals surface area contributed by atoms with Crippen molar-refractivity contribution in [3.05, 3.63) is 29.8 Å². The van der Waals surface area contributed by atoms with E-state index < -0.39 is 34.2 Å². The molecule has 2 rings (SSSR count). The fraction of sp³-hybridized carbons (Fsp3) is 0.385. The minimum Gasteiger partial charge on any atom is -0.481 e. The summed E-state index contributed by atoms with van der Waals surface area (Å²) in [6.07, 6.45) is -0.396. The van der Waals surface area contributed by atoms with Gasteiger partial charge in [-0.3, -0.25) is 9.59 Å². The zero-order valence-electron chi connectivity index (χ0n) is 11.2. The second kappa shape index (κ2) is 5.72. The molecule has 1 heterocycles. The van der Waals surface area contributed by atoms with Crippen LogP contribution >= 0.6 is 0 Å². The second-order valence-corrected chi connectivity index (χ2v) is 7.22. The molecule has 0 bridgehead atoms. The van der Waals surface area contributed by atoms with E-state index in [4.69, 9.17) is 10.8 Å². The molecule has 1 saturated heterocycles. The van der Waals surface area contributed by atoms with Gasteiger partial charge >= 0.3 is 5.97 Å². The van der Waals surface area contributed by atoms with Crippen LogP contribution in [0.2, 0.25) is 0 Å². The number of aliphatic carboxylic acids is 1. The summed E-state index contributed by atoms with van der Waals surface area (Å²) in [5, 5.41) is 8.90. The van der Waals surface area contributed by atoms with Crippen LogP contribution in [-0.2, 0) is 14.6 Å². The lowest BCUT2D eigenvalue weighted by atomic mass is 10.1. The van der Waals surface area contributed by atoms with E-state index in [1.54, 1.807) is 18.2 Å². The van der Waals surface area contributed by atoms with Crippen LogP contribution in [0.1, 0.15) is 16.8 Å². The first-order valence-electron chi connectivity index (χ1n) is 6.37. The molecule has 8 heteroatoms. The van der Waals surface area contributed by atoms with Crippen molar-refractivity contribution in [2.45, 2.75) is 12.5 Å². The van der Waals surface area contributed by atoms with Crippen LogP contribution in [0.25, 0.3) is 0 Å². The van der Waals surface area contributed by atoms with Gasteiger partial charge in [-0.1, -0.05) is 6.07 Å². The van der Waals surface area contributed by atoms with E-state index in [2.05, 4.69) is 0 Å². The summed E-state index contributed by atoms with van der Waals surface area (Å²) in [6.45, 7) is -0.00604. The Morgan fingerprint density at radius 3 is 2.71 bits per heavy atom. The fourth-order valence-electron chi connectivity index (χ4n) is 2.36. The molecule has 1 aromatic rings. The van der Waals surface area contributed by atoms with Crippen LogP contribution < -0.4 is 5.73 Å². The lowest BCUT2D eigenvalue weighted by molar-refractivity contribution is -0.138. The van der Waals surface area contributed by atoms with Crippen LogP contribution in [0, 0.1) is 0 Å². The number of nitrogens with two attached hydrogens (primary N) is 1. The van der Waals surface area contributed by atoms with Crippen molar-refractivity contribution in [1.29, 1.82) is 0 Å². The van der Waals surface area contributed by atoms with Gasteiger partial charge in [0, 0.05) is 17.8 Å². The number of carboxylic acid groups (broad SMARTS) is 1. The zero-order valence-corrected chi connectivity index (χ0v) is 12.0. The quantitative estimate of drug-likeness (QED) is 0.758. The summed E-state index contributed by atoms with van der Waals surface area (Å²) in [6, 6.07) is 5.46. The summed E-state index contributed by atoms with van der Waals surface area (Å²) < 4.78 is 23.3. The Kier molecular flexibility index (Phi) is 4.17. The number of carbonyl (C=O) groups excluding carboxylic acids is 1. The number of rotatable bonds is 3. The van der Waals surface area contributed by atoms with E-state index in [-0.39, 0.29) is 18.1 Å². The molecule has 114 valence electrons. The molecule has 1 fully saturated rings. The van der Waals surface area contributed by atoms with Gasteiger partial charge in [0.25, 0.3) is 5.91 Å². The Hall–Kier alpha value is -2.09. The Balaban J connectivity index is 2.27. The molecule has 0 aromatic heterocycles. The van der Waals surface area contributed by atoms with Gasteiger partial charge in [0.1, 0.15) is 0 Å². The Labute approximate surface area is 122 Å². The zero-order chi connectivity index (χ0) is 15.6. The molecular weight excluding hydrogens is 296 g/mol. The summed E-state index contributed by atoms with van der Waals surface area (Å²) in [5.74, 6) is -2.02. The SMILES string of the molecule is Nc1cccc(C(=O)N2CCS(=O)(=O)CC2CC(=O)O)c1. The highest BCUT2D eigenvalue weighted by Gasteiger charge is 2.35. The maximum Gasteiger partial charge on any atom is 0.305 e. The van der Waals surface area contributed by atoms with Crippen molar-refractivity contribution in [3.63, 3.8) is 0 Å². The number of hydrogen-bond donors (Lipinski definition) is 2. The van der Waals surface area contributed by atoms with E-state index >= 15 is 0 Å². The van der Waals surface area contributed by atoms with E-state index in [9.17, 15) is 18.0 Å². The largest absolute Gasteiger partial charge is 0.481 e. The summed E-state index contributed by atoms with van der Waals surface area (Å²) in [4.78, 5) is 24.6. The van der Waals surface area contributed by atoms with Gasteiger partial charge in [-0.05, 0) is 18.2 Å². The molecule has 7 nitrogen and oxygen atoms in total. The molecule has 21 heavy (non-hydrogen) atoms. The number of anilines is 1. The molecule has 0 spiro atoms. The molecule has 1 aromatic carbocycles. The molecule has 0 aliphatic carbocycles. The first-order chi connectivity index (χ1) is 9.78. The van der Waals surface area contributed by atoms with Gasteiger partial charge < -0.3 is 15.7 Å². The average Bonchev–Trinajstić information content (AvgIpc) is 2.36. The summed E-state index contributed by atoms with van der Waals surface area (Å²) >= 11 is 0. The number of nitrogen functional groups attached to an aromatic ring is 1. The van der Waals surface area contributed by atoms with E-state index in [0.717, 1.165) is 0 Å². The molecule has 1 aliphatic rings. The smallest absolute Gasteiger partial charge is 0.305 e. The molecule has 1 atom stereocenters. The van der Waals surface area contributed by atoms with Crippen LogP contribution in [0.5, 0.6) is 0 Å². The Bertz CT molecular complexity index is 671. The average molecular weight is 312 g/mol. The lowest BCUT2D eigenvalue weighted by Crippen LogP contribution is -2.52. The maximum atomic E-state index is 12.4. The van der Waals surface area contributed by atoms with Crippen LogP contribution in [-0.4, -0.2) is 54.4 Å². The van der Waals surface area contributed by atoms with Crippen LogP contribution in [0.15, 0.2) is 24.3 Å². The number of hydrogen-bond acceptors (Lipinski definition) is 5. The van der Waals surface area contributed by atoms with Gasteiger partial charge in [-0.2, -0.15) is 0 Å². The van der Waals surface area contributed by atoms with E-state index in [1.165, 1.54) is 11.0 Å².